The van der Waals surface area contributed by atoms with E-state index >= 15 is 0 Å². The second-order valence-corrected chi connectivity index (χ2v) is 6.90. The first-order valence-electron chi connectivity index (χ1n) is 8.63. The highest BCUT2D eigenvalue weighted by atomic mass is 32.1. The van der Waals surface area contributed by atoms with Gasteiger partial charge in [-0.3, -0.25) is 9.69 Å². The monoisotopic (exact) mass is 409 g/mol. The van der Waals surface area contributed by atoms with Gasteiger partial charge in [0.15, 0.2) is 0 Å². The number of rotatable bonds is 5. The van der Waals surface area contributed by atoms with Crippen LogP contribution < -0.4 is 15.1 Å². The molecule has 0 spiro atoms. The number of hydrogen-bond acceptors (Lipinski definition) is 7. The number of hydrogen-bond donors (Lipinski definition) is 2. The highest BCUT2D eigenvalue weighted by molar-refractivity contribution is 7.80. The number of thiocarbonyl (C=S) groups is 1. The first-order chi connectivity index (χ1) is 13.4. The van der Waals surface area contributed by atoms with Crippen LogP contribution in [0.2, 0.25) is 0 Å². The third kappa shape index (κ3) is 4.37. The van der Waals surface area contributed by atoms with Gasteiger partial charge >= 0.3 is 6.09 Å². The fraction of sp³-hybridized carbons (Fsp3) is 0.412. The van der Waals surface area contributed by atoms with Gasteiger partial charge in [0.05, 0.1) is 36.0 Å². The number of carbonyl (C=O) groups is 2. The van der Waals surface area contributed by atoms with Crippen LogP contribution in [0, 0.1) is 5.82 Å². The van der Waals surface area contributed by atoms with Crippen LogP contribution in [-0.4, -0.2) is 72.3 Å². The lowest BCUT2D eigenvalue weighted by Crippen LogP contribution is -2.42. The van der Waals surface area contributed by atoms with Crippen molar-refractivity contribution in [2.24, 2.45) is 5.10 Å². The lowest BCUT2D eigenvalue weighted by molar-refractivity contribution is -0.134. The number of amides is 2. The van der Waals surface area contributed by atoms with Crippen molar-refractivity contribution in [3.8, 4) is 0 Å². The van der Waals surface area contributed by atoms with Crippen LogP contribution in [0.3, 0.4) is 0 Å². The standard InChI is InChI=1S/C17H20FN5O4S/c1-11(28)19-7-13-8-22(17(26)27-13)12-2-3-15(14(18)6-12)21-4-5-23(20-10-21)16(25)9-24/h2-3,6,10,13,24H,4-5,7-9H2,1H3,(H,19,28). The predicted octanol–water partition coefficient (Wildman–Crippen LogP) is 0.672. The number of aliphatic hydroxyl groups is 1. The Morgan fingerprint density at radius 1 is 1.46 bits per heavy atom. The highest BCUT2D eigenvalue weighted by Gasteiger charge is 2.32. The Morgan fingerprint density at radius 3 is 2.86 bits per heavy atom. The molecule has 2 aliphatic heterocycles. The Kier molecular flexibility index (Phi) is 6.05. The van der Waals surface area contributed by atoms with Crippen LogP contribution in [0.15, 0.2) is 23.3 Å². The molecule has 1 aromatic rings. The van der Waals surface area contributed by atoms with Crippen LogP contribution >= 0.6 is 12.2 Å². The van der Waals surface area contributed by atoms with Gasteiger partial charge in [-0.1, -0.05) is 12.2 Å². The molecule has 11 heteroatoms. The molecule has 1 atom stereocenters. The minimum absolute atomic E-state index is 0.226. The number of benzene rings is 1. The summed E-state index contributed by atoms with van der Waals surface area (Å²) < 4.78 is 19.9. The van der Waals surface area contributed by atoms with E-state index in [2.05, 4.69) is 10.4 Å². The summed E-state index contributed by atoms with van der Waals surface area (Å²) in [5.41, 5.74) is 0.657. The normalized spacial score (nSPS) is 19.0. The molecule has 2 heterocycles. The van der Waals surface area contributed by atoms with E-state index in [0.29, 0.717) is 23.8 Å². The molecule has 1 fully saturated rings. The second kappa shape index (κ2) is 8.48. The van der Waals surface area contributed by atoms with Crippen molar-refractivity contribution in [3.63, 3.8) is 0 Å². The molecule has 1 aromatic carbocycles. The summed E-state index contributed by atoms with van der Waals surface area (Å²) in [5, 5.41) is 16.8. The van der Waals surface area contributed by atoms with Crippen LogP contribution in [0.1, 0.15) is 6.92 Å². The number of anilines is 2. The number of ether oxygens (including phenoxy) is 1. The maximum absolute atomic E-state index is 14.7. The van der Waals surface area contributed by atoms with Crippen molar-refractivity contribution in [3.05, 3.63) is 24.0 Å². The number of carbonyl (C=O) groups excluding carboxylic acids is 2. The second-order valence-electron chi connectivity index (χ2n) is 6.29. The summed E-state index contributed by atoms with van der Waals surface area (Å²) in [6, 6.07) is 4.43. The van der Waals surface area contributed by atoms with Crippen LogP contribution in [0.25, 0.3) is 0 Å². The number of nitrogens with zero attached hydrogens (tertiary/aromatic N) is 4. The molecule has 9 nitrogen and oxygen atoms in total. The van der Waals surface area contributed by atoms with Crippen molar-refractivity contribution in [1.29, 1.82) is 0 Å². The van der Waals surface area contributed by atoms with Crippen LogP contribution in [-0.2, 0) is 9.53 Å². The molecule has 3 rings (SSSR count). The fourth-order valence-corrected chi connectivity index (χ4v) is 2.97. The van der Waals surface area contributed by atoms with Gasteiger partial charge in [0.25, 0.3) is 5.91 Å². The maximum Gasteiger partial charge on any atom is 0.414 e. The molecular formula is C17H20FN5O4S. The minimum atomic E-state index is -0.632. The van der Waals surface area contributed by atoms with E-state index in [1.54, 1.807) is 24.0 Å². The van der Waals surface area contributed by atoms with E-state index in [1.807, 2.05) is 0 Å². The molecule has 0 radical (unpaired) electrons. The van der Waals surface area contributed by atoms with Crippen molar-refractivity contribution < 1.29 is 23.8 Å². The van der Waals surface area contributed by atoms with E-state index in [0.717, 1.165) is 5.01 Å². The van der Waals surface area contributed by atoms with Gasteiger partial charge in [-0.05, 0) is 25.1 Å². The average molecular weight is 409 g/mol. The van der Waals surface area contributed by atoms with E-state index in [1.165, 1.54) is 17.3 Å². The maximum atomic E-state index is 14.7. The third-order valence-corrected chi connectivity index (χ3v) is 4.46. The summed E-state index contributed by atoms with van der Waals surface area (Å²) in [4.78, 5) is 27.0. The summed E-state index contributed by atoms with van der Waals surface area (Å²) >= 11 is 4.94. The molecule has 150 valence electrons. The van der Waals surface area contributed by atoms with Crippen molar-refractivity contribution in [2.75, 3.05) is 42.6 Å². The zero-order chi connectivity index (χ0) is 20.3. The smallest absolute Gasteiger partial charge is 0.414 e. The van der Waals surface area contributed by atoms with Gasteiger partial charge in [-0.2, -0.15) is 5.10 Å². The van der Waals surface area contributed by atoms with Gasteiger partial charge in [-0.15, -0.1) is 0 Å². The minimum Gasteiger partial charge on any atom is -0.442 e. The molecule has 2 aliphatic rings. The lowest BCUT2D eigenvalue weighted by atomic mass is 10.2. The number of hydrazone groups is 1. The van der Waals surface area contributed by atoms with Crippen LogP contribution in [0.4, 0.5) is 20.6 Å². The van der Waals surface area contributed by atoms with Gasteiger partial charge < -0.3 is 20.1 Å². The Hall–Kier alpha value is -2.79. The number of nitrogens with one attached hydrogen (secondary N) is 1. The van der Waals surface area contributed by atoms with Gasteiger partial charge in [0.1, 0.15) is 24.9 Å². The lowest BCUT2D eigenvalue weighted by Gasteiger charge is -2.28. The zero-order valence-corrected chi connectivity index (χ0v) is 16.0. The summed E-state index contributed by atoms with van der Waals surface area (Å²) in [6.07, 6.45) is 0.408. The van der Waals surface area contributed by atoms with E-state index in [-0.39, 0.29) is 24.9 Å². The quantitative estimate of drug-likeness (QED) is 0.690. The van der Waals surface area contributed by atoms with Crippen molar-refractivity contribution >= 4 is 46.9 Å². The highest BCUT2D eigenvalue weighted by Crippen LogP contribution is 2.28. The predicted molar refractivity (Wildman–Crippen MR) is 105 cm³/mol. The van der Waals surface area contributed by atoms with Gasteiger partial charge in [0, 0.05) is 6.54 Å². The number of halogens is 1. The molecule has 1 saturated heterocycles. The molecule has 0 saturated carbocycles. The van der Waals surface area contributed by atoms with E-state index < -0.39 is 24.4 Å². The molecule has 2 amide bonds. The SMILES string of the molecule is CC(=S)NCC1CN(c2ccc(N3C=NN(C(=O)CO)CC3)c(F)c2)C(=O)O1. The Balaban J connectivity index is 1.69. The van der Waals surface area contributed by atoms with E-state index in [9.17, 15) is 14.0 Å². The molecule has 0 bridgehead atoms. The zero-order valence-electron chi connectivity index (χ0n) is 15.2. The third-order valence-electron chi connectivity index (χ3n) is 4.31. The van der Waals surface area contributed by atoms with Gasteiger partial charge in [-0.25, -0.2) is 14.2 Å². The number of cyclic esters (lactones) is 1. The first kappa shape index (κ1) is 20.0. The fourth-order valence-electron chi connectivity index (χ4n) is 2.89. The Bertz CT molecular complexity index is 821. The summed E-state index contributed by atoms with van der Waals surface area (Å²) in [5.74, 6) is -1.05. The summed E-state index contributed by atoms with van der Waals surface area (Å²) in [7, 11) is 0. The molecule has 28 heavy (non-hydrogen) atoms. The summed E-state index contributed by atoms with van der Waals surface area (Å²) in [6.45, 7) is 2.33. The number of aliphatic hydroxyl groups excluding tert-OH is 1. The average Bonchev–Trinajstić information content (AvgIpc) is 3.06. The first-order valence-corrected chi connectivity index (χ1v) is 9.04. The Morgan fingerprint density at radius 2 is 2.25 bits per heavy atom. The Labute approximate surface area is 166 Å². The molecule has 2 N–H and O–H groups in total. The largest absolute Gasteiger partial charge is 0.442 e. The van der Waals surface area contributed by atoms with Crippen LogP contribution in [0.5, 0.6) is 0 Å². The van der Waals surface area contributed by atoms with E-state index in [4.69, 9.17) is 22.1 Å². The molecular weight excluding hydrogens is 389 g/mol. The van der Waals surface area contributed by atoms with Crippen molar-refractivity contribution in [1.82, 2.24) is 10.3 Å². The molecule has 0 aromatic heterocycles. The van der Waals surface area contributed by atoms with Gasteiger partial charge in [0.2, 0.25) is 0 Å². The van der Waals surface area contributed by atoms with Crippen molar-refractivity contribution in [2.45, 2.75) is 13.0 Å². The molecule has 1 unspecified atom stereocenters. The molecule has 0 aliphatic carbocycles. The topological polar surface area (TPSA) is 97.7 Å².